The Hall–Kier alpha value is -6.78. The molecule has 6 aromatic carbocycles. The highest BCUT2D eigenvalue weighted by Gasteiger charge is 2.20. The third-order valence-electron chi connectivity index (χ3n) is 9.92. The Bertz CT molecular complexity index is 2720. The van der Waals surface area contributed by atoms with Gasteiger partial charge >= 0.3 is 0 Å². The second-order valence-corrected chi connectivity index (χ2v) is 13.3. The van der Waals surface area contributed by atoms with Gasteiger partial charge in [0.2, 0.25) is 0 Å². The molecule has 0 radical (unpaired) electrons. The highest BCUT2D eigenvalue weighted by molar-refractivity contribution is 6.18. The molecule has 2 heterocycles. The molecule has 0 atom stereocenters. The molecule has 0 spiro atoms. The molecule has 4 heteroatoms. The first-order valence-electron chi connectivity index (χ1n) is 18.1. The highest BCUT2D eigenvalue weighted by atomic mass is 14.8. The van der Waals surface area contributed by atoms with E-state index in [9.17, 15) is 0 Å². The minimum Gasteiger partial charge on any atom is -0.252 e. The van der Waals surface area contributed by atoms with Gasteiger partial charge in [-0.3, -0.25) is 4.98 Å². The number of rotatable bonds is 7. The average Bonchev–Trinajstić information content (AvgIpc) is 3.23. The van der Waals surface area contributed by atoms with Crippen molar-refractivity contribution in [1.82, 2.24) is 19.9 Å². The molecule has 0 aliphatic heterocycles. The fraction of sp³-hybridized carbons (Fsp3) is 0.0612. The van der Waals surface area contributed by atoms with Crippen LogP contribution in [0, 0.1) is 0 Å². The van der Waals surface area contributed by atoms with Gasteiger partial charge in [0, 0.05) is 16.7 Å². The summed E-state index contributed by atoms with van der Waals surface area (Å²) < 4.78 is 0. The standard InChI is InChI=1S/C49H36N4/c1-33(18-17-31-43-47(34-19-5-2-6-20-34)52-42-30-16-15-29-41(42)51-43)45-37-25-11-13-27-39(37)46(40-28-14-12-26-38(40)45)44-32-50-48(35-21-7-3-8-22-35)49(53-44)36-23-9-4-10-24-36/h2-3,5-9,11-32H,4,10H2,1H3/b31-17?,33-18+. The number of hydrogen-bond acceptors (Lipinski definition) is 4. The molecule has 1 aliphatic carbocycles. The van der Waals surface area contributed by atoms with E-state index >= 15 is 0 Å². The summed E-state index contributed by atoms with van der Waals surface area (Å²) in [5.74, 6) is 0. The zero-order valence-electron chi connectivity index (χ0n) is 29.4. The number of fused-ring (bicyclic) bond motifs is 3. The molecule has 0 saturated heterocycles. The number of benzene rings is 6. The summed E-state index contributed by atoms with van der Waals surface area (Å²) in [4.78, 5) is 20.6. The van der Waals surface area contributed by atoms with E-state index in [0.717, 1.165) is 91.0 Å². The van der Waals surface area contributed by atoms with Gasteiger partial charge in [0.1, 0.15) is 0 Å². The summed E-state index contributed by atoms with van der Waals surface area (Å²) in [5, 5.41) is 4.63. The van der Waals surface area contributed by atoms with Gasteiger partial charge in [0.15, 0.2) is 0 Å². The number of allylic oxidation sites excluding steroid dienone is 7. The normalized spacial score (nSPS) is 13.3. The number of hydrogen-bond donors (Lipinski definition) is 0. The fourth-order valence-corrected chi connectivity index (χ4v) is 7.44. The van der Waals surface area contributed by atoms with Gasteiger partial charge in [0.25, 0.3) is 0 Å². The predicted molar refractivity (Wildman–Crippen MR) is 222 cm³/mol. The van der Waals surface area contributed by atoms with Crippen molar-refractivity contribution in [2.75, 3.05) is 0 Å². The summed E-state index contributed by atoms with van der Waals surface area (Å²) in [7, 11) is 0. The maximum absolute atomic E-state index is 5.44. The molecular weight excluding hydrogens is 645 g/mol. The number of para-hydroxylation sites is 2. The van der Waals surface area contributed by atoms with Crippen LogP contribution < -0.4 is 0 Å². The van der Waals surface area contributed by atoms with Crippen LogP contribution in [-0.2, 0) is 0 Å². The fourth-order valence-electron chi connectivity index (χ4n) is 7.44. The van der Waals surface area contributed by atoms with Crippen molar-refractivity contribution >= 4 is 49.8 Å². The van der Waals surface area contributed by atoms with Crippen molar-refractivity contribution in [3.63, 3.8) is 0 Å². The van der Waals surface area contributed by atoms with Crippen LogP contribution in [0.1, 0.15) is 36.7 Å². The van der Waals surface area contributed by atoms with E-state index < -0.39 is 0 Å². The Balaban J connectivity index is 1.19. The Morgan fingerprint density at radius 1 is 0.566 bits per heavy atom. The average molecular weight is 681 g/mol. The zero-order valence-corrected chi connectivity index (χ0v) is 29.4. The molecule has 0 bridgehead atoms. The Labute approximate surface area is 309 Å². The second kappa shape index (κ2) is 14.1. The highest BCUT2D eigenvalue weighted by Crippen LogP contribution is 2.42. The van der Waals surface area contributed by atoms with Crippen molar-refractivity contribution in [3.05, 3.63) is 187 Å². The lowest BCUT2D eigenvalue weighted by Gasteiger charge is -2.18. The van der Waals surface area contributed by atoms with E-state index in [1.54, 1.807) is 0 Å². The van der Waals surface area contributed by atoms with Gasteiger partial charge in [-0.25, -0.2) is 15.0 Å². The quantitative estimate of drug-likeness (QED) is 0.124. The van der Waals surface area contributed by atoms with Crippen molar-refractivity contribution < 1.29 is 0 Å². The first-order chi connectivity index (χ1) is 26.2. The molecule has 53 heavy (non-hydrogen) atoms. The van der Waals surface area contributed by atoms with Crippen LogP contribution in [0.5, 0.6) is 0 Å². The molecule has 0 fully saturated rings. The van der Waals surface area contributed by atoms with Crippen LogP contribution in [0.2, 0.25) is 0 Å². The van der Waals surface area contributed by atoms with Crippen molar-refractivity contribution in [3.8, 4) is 33.8 Å². The minimum atomic E-state index is 0.834. The lowest BCUT2D eigenvalue weighted by Crippen LogP contribution is -2.01. The predicted octanol–water partition coefficient (Wildman–Crippen LogP) is 12.6. The van der Waals surface area contributed by atoms with Gasteiger partial charge in [-0.2, -0.15) is 0 Å². The smallest absolute Gasteiger partial charge is 0.0969 e. The first kappa shape index (κ1) is 32.1. The Morgan fingerprint density at radius 3 is 1.79 bits per heavy atom. The summed E-state index contributed by atoms with van der Waals surface area (Å²) in [6.07, 6.45) is 17.1. The molecule has 2 aromatic heterocycles. The third kappa shape index (κ3) is 6.15. The number of nitrogens with zero attached hydrogens (tertiary/aromatic N) is 4. The topological polar surface area (TPSA) is 51.6 Å². The monoisotopic (exact) mass is 680 g/mol. The van der Waals surface area contributed by atoms with Gasteiger partial charge in [-0.1, -0.05) is 152 Å². The summed E-state index contributed by atoms with van der Waals surface area (Å²) >= 11 is 0. The van der Waals surface area contributed by atoms with E-state index in [1.807, 2.05) is 54.7 Å². The maximum Gasteiger partial charge on any atom is 0.0969 e. The van der Waals surface area contributed by atoms with Gasteiger partial charge in [0.05, 0.1) is 45.7 Å². The largest absolute Gasteiger partial charge is 0.252 e. The van der Waals surface area contributed by atoms with Gasteiger partial charge in [-0.15, -0.1) is 0 Å². The zero-order chi connectivity index (χ0) is 35.6. The maximum atomic E-state index is 5.44. The molecule has 0 saturated carbocycles. The van der Waals surface area contributed by atoms with Crippen LogP contribution in [0.25, 0.3) is 83.6 Å². The molecule has 8 aromatic rings. The van der Waals surface area contributed by atoms with Gasteiger partial charge in [-0.05, 0) is 76.2 Å². The molecule has 9 rings (SSSR count). The van der Waals surface area contributed by atoms with Crippen molar-refractivity contribution in [1.29, 1.82) is 0 Å². The second-order valence-electron chi connectivity index (χ2n) is 13.3. The van der Waals surface area contributed by atoms with Crippen LogP contribution >= 0.6 is 0 Å². The SMILES string of the molecule is C/C(=C\C=Cc1nc2ccccc2nc1-c1ccccc1)c1c2ccccc2c(-c2cnc(-c3ccccc3)c(C3=CCCC=C3)n2)c2ccccc12. The third-order valence-corrected chi connectivity index (χ3v) is 9.92. The van der Waals surface area contributed by atoms with Crippen LogP contribution in [0.3, 0.4) is 0 Å². The molecule has 1 aliphatic rings. The molecule has 0 N–H and O–H groups in total. The van der Waals surface area contributed by atoms with E-state index in [4.69, 9.17) is 19.9 Å². The lowest BCUT2D eigenvalue weighted by atomic mass is 9.87. The molecular formula is C49H36N4. The van der Waals surface area contributed by atoms with Crippen LogP contribution in [0.4, 0.5) is 0 Å². The van der Waals surface area contributed by atoms with E-state index in [0.29, 0.717) is 0 Å². The van der Waals surface area contributed by atoms with Crippen LogP contribution in [0.15, 0.2) is 170 Å². The van der Waals surface area contributed by atoms with Gasteiger partial charge < -0.3 is 0 Å². The summed E-state index contributed by atoms with van der Waals surface area (Å²) in [6, 6.07) is 46.0. The molecule has 0 unspecified atom stereocenters. The number of aromatic nitrogens is 4. The summed E-state index contributed by atoms with van der Waals surface area (Å²) in [5.41, 5.74) is 12.8. The van der Waals surface area contributed by atoms with E-state index in [2.05, 4.69) is 128 Å². The van der Waals surface area contributed by atoms with Crippen molar-refractivity contribution in [2.45, 2.75) is 19.8 Å². The minimum absolute atomic E-state index is 0.834. The van der Waals surface area contributed by atoms with E-state index in [1.165, 1.54) is 16.3 Å². The molecule has 252 valence electrons. The molecule has 0 amide bonds. The van der Waals surface area contributed by atoms with Crippen molar-refractivity contribution in [2.24, 2.45) is 0 Å². The van der Waals surface area contributed by atoms with E-state index in [-0.39, 0.29) is 0 Å². The lowest BCUT2D eigenvalue weighted by molar-refractivity contribution is 1.03. The Morgan fingerprint density at radius 2 is 1.15 bits per heavy atom. The molecule has 4 nitrogen and oxygen atoms in total. The van der Waals surface area contributed by atoms with Crippen LogP contribution in [-0.4, -0.2) is 19.9 Å². The first-order valence-corrected chi connectivity index (χ1v) is 18.1. The summed E-state index contributed by atoms with van der Waals surface area (Å²) in [6.45, 7) is 2.19. The Kier molecular flexibility index (Phi) is 8.55.